The van der Waals surface area contributed by atoms with Crippen molar-refractivity contribution in [1.82, 2.24) is 4.98 Å². The zero-order chi connectivity index (χ0) is 17.7. The fraction of sp³-hybridized carbons (Fsp3) is 0.294. The summed E-state index contributed by atoms with van der Waals surface area (Å²) in [5.74, 6) is -0.421. The highest BCUT2D eigenvalue weighted by Crippen LogP contribution is 2.29. The molecule has 0 fully saturated rings. The molecule has 2 rings (SSSR count). The quantitative estimate of drug-likeness (QED) is 0.792. The monoisotopic (exact) mass is 338 g/mol. The molecule has 0 bridgehead atoms. The molecule has 0 aliphatic rings. The van der Waals surface area contributed by atoms with Gasteiger partial charge in [-0.25, -0.2) is 4.98 Å². The number of halogens is 3. The number of anilines is 1. The summed E-state index contributed by atoms with van der Waals surface area (Å²) in [6.45, 7) is 1.56. The van der Waals surface area contributed by atoms with Crippen molar-refractivity contribution in [3.05, 3.63) is 58.8 Å². The van der Waals surface area contributed by atoms with Gasteiger partial charge in [-0.2, -0.15) is 13.2 Å². The van der Waals surface area contributed by atoms with E-state index >= 15 is 0 Å². The number of carbonyl (C=O) groups excluding carboxylic acids is 1. The van der Waals surface area contributed by atoms with Gasteiger partial charge >= 0.3 is 6.18 Å². The minimum atomic E-state index is -4.56. The molecule has 0 aliphatic heterocycles. The minimum Gasteiger partial charge on any atom is -0.392 e. The van der Waals surface area contributed by atoms with E-state index in [0.29, 0.717) is 13.0 Å². The number of alkyl halides is 3. The molecule has 0 atom stereocenters. The van der Waals surface area contributed by atoms with E-state index in [-0.39, 0.29) is 23.8 Å². The van der Waals surface area contributed by atoms with Gasteiger partial charge in [-0.3, -0.25) is 4.79 Å². The Bertz CT molecular complexity index is 713. The third-order valence-electron chi connectivity index (χ3n) is 3.48. The van der Waals surface area contributed by atoms with Gasteiger partial charge in [0.25, 0.3) is 0 Å². The number of rotatable bonds is 6. The lowest BCUT2D eigenvalue weighted by Gasteiger charge is -2.13. The highest BCUT2D eigenvalue weighted by atomic mass is 19.4. The highest BCUT2D eigenvalue weighted by molar-refractivity contribution is 5.98. The molecule has 128 valence electrons. The number of aliphatic hydroxyl groups is 1. The summed E-state index contributed by atoms with van der Waals surface area (Å²) in [4.78, 5) is 15.1. The molecule has 0 aliphatic carbocycles. The number of nitrogens with zero attached hydrogens (tertiary/aromatic N) is 1. The number of aliphatic hydroxyl groups excluding tert-OH is 1. The van der Waals surface area contributed by atoms with Crippen LogP contribution in [0.15, 0.2) is 36.4 Å². The molecule has 0 amide bonds. The van der Waals surface area contributed by atoms with Crippen molar-refractivity contribution in [2.45, 2.75) is 26.1 Å². The first kappa shape index (κ1) is 17.9. The first-order valence-electron chi connectivity index (χ1n) is 7.33. The van der Waals surface area contributed by atoms with Gasteiger partial charge in [-0.15, -0.1) is 0 Å². The van der Waals surface area contributed by atoms with E-state index in [9.17, 15) is 18.0 Å². The number of pyridine rings is 1. The predicted molar refractivity (Wildman–Crippen MR) is 83.8 cm³/mol. The normalized spacial score (nSPS) is 11.4. The highest BCUT2D eigenvalue weighted by Gasteiger charge is 2.33. The zero-order valence-electron chi connectivity index (χ0n) is 13.0. The molecule has 0 saturated carbocycles. The number of carbonyl (C=O) groups is 1. The molecule has 4 nitrogen and oxygen atoms in total. The average Bonchev–Trinajstić information content (AvgIpc) is 2.54. The average molecular weight is 338 g/mol. The van der Waals surface area contributed by atoms with Crippen LogP contribution in [-0.4, -0.2) is 22.4 Å². The summed E-state index contributed by atoms with van der Waals surface area (Å²) < 4.78 is 38.3. The second-order valence-electron chi connectivity index (χ2n) is 5.30. The molecule has 1 heterocycles. The number of hydrogen-bond donors (Lipinski definition) is 2. The molecular formula is C17H17F3N2O2. The minimum absolute atomic E-state index is 0.0470. The van der Waals surface area contributed by atoms with Crippen LogP contribution in [0, 0.1) is 0 Å². The molecular weight excluding hydrogens is 321 g/mol. The van der Waals surface area contributed by atoms with Crippen LogP contribution in [0.3, 0.4) is 0 Å². The first-order valence-corrected chi connectivity index (χ1v) is 7.33. The van der Waals surface area contributed by atoms with Crippen molar-refractivity contribution in [1.29, 1.82) is 0 Å². The van der Waals surface area contributed by atoms with Gasteiger partial charge in [-0.1, -0.05) is 24.3 Å². The maximum atomic E-state index is 12.8. The molecule has 0 spiro atoms. The van der Waals surface area contributed by atoms with Gasteiger partial charge in [0.2, 0.25) is 0 Å². The molecule has 0 radical (unpaired) electrons. The van der Waals surface area contributed by atoms with Crippen LogP contribution >= 0.6 is 0 Å². The molecule has 1 aromatic carbocycles. The van der Waals surface area contributed by atoms with E-state index < -0.39 is 11.9 Å². The first-order chi connectivity index (χ1) is 11.3. The van der Waals surface area contributed by atoms with Crippen LogP contribution in [-0.2, 0) is 19.2 Å². The van der Waals surface area contributed by atoms with Gasteiger partial charge in [0.1, 0.15) is 11.5 Å². The Hall–Kier alpha value is -2.41. The number of aromatic nitrogens is 1. The standard InChI is InChI=1S/C17H17F3N2O2/c1-11(24)14-6-7-15(17(18,19)20)22-16(14)21-9-8-12-2-4-13(10-23)5-3-12/h2-7,23H,8-10H2,1H3,(H,21,22). The van der Waals surface area contributed by atoms with Gasteiger partial charge in [-0.05, 0) is 36.6 Å². The maximum absolute atomic E-state index is 12.8. The van der Waals surface area contributed by atoms with E-state index in [1.165, 1.54) is 6.92 Å². The lowest BCUT2D eigenvalue weighted by Crippen LogP contribution is -2.15. The van der Waals surface area contributed by atoms with Crippen molar-refractivity contribution in [3.63, 3.8) is 0 Å². The molecule has 24 heavy (non-hydrogen) atoms. The fourth-order valence-electron chi connectivity index (χ4n) is 2.17. The van der Waals surface area contributed by atoms with Gasteiger partial charge in [0.05, 0.1) is 12.2 Å². The molecule has 2 N–H and O–H groups in total. The molecule has 2 aromatic rings. The summed E-state index contributed by atoms with van der Waals surface area (Å²) in [5, 5.41) is 11.8. The second kappa shape index (κ2) is 7.44. The largest absolute Gasteiger partial charge is 0.433 e. The van der Waals surface area contributed by atoms with Crippen molar-refractivity contribution in [2.24, 2.45) is 0 Å². The Morgan fingerprint density at radius 2 is 1.75 bits per heavy atom. The number of benzene rings is 1. The molecule has 0 unspecified atom stereocenters. The molecule has 0 saturated heterocycles. The Kier molecular flexibility index (Phi) is 5.56. The van der Waals surface area contributed by atoms with Crippen molar-refractivity contribution in [3.8, 4) is 0 Å². The summed E-state index contributed by atoms with van der Waals surface area (Å²) in [6.07, 6.45) is -4.02. The summed E-state index contributed by atoms with van der Waals surface area (Å²) >= 11 is 0. The number of hydrogen-bond acceptors (Lipinski definition) is 4. The van der Waals surface area contributed by atoms with Crippen LogP contribution in [0.5, 0.6) is 0 Å². The molecule has 7 heteroatoms. The third kappa shape index (κ3) is 4.55. The number of nitrogens with one attached hydrogen (secondary N) is 1. The summed E-state index contributed by atoms with van der Waals surface area (Å²) in [6, 6.07) is 9.15. The van der Waals surface area contributed by atoms with E-state index in [1.807, 2.05) is 12.1 Å². The Balaban J connectivity index is 2.10. The predicted octanol–water partition coefficient (Wildman–Crippen LogP) is 3.45. The number of Topliss-reactive ketones (excluding diaryl/α,β-unsaturated/α-hetero) is 1. The second-order valence-corrected chi connectivity index (χ2v) is 5.30. The topological polar surface area (TPSA) is 62.2 Å². The Labute approximate surface area is 137 Å². The van der Waals surface area contributed by atoms with E-state index in [0.717, 1.165) is 23.3 Å². The van der Waals surface area contributed by atoms with Crippen LogP contribution in [0.25, 0.3) is 0 Å². The van der Waals surface area contributed by atoms with E-state index in [2.05, 4.69) is 10.3 Å². The van der Waals surface area contributed by atoms with Crippen LogP contribution in [0.1, 0.15) is 34.1 Å². The van der Waals surface area contributed by atoms with Crippen LogP contribution < -0.4 is 5.32 Å². The van der Waals surface area contributed by atoms with E-state index in [4.69, 9.17) is 5.11 Å². The Morgan fingerprint density at radius 3 is 2.29 bits per heavy atom. The van der Waals surface area contributed by atoms with Gasteiger partial charge in [0, 0.05) is 6.54 Å². The van der Waals surface area contributed by atoms with Gasteiger partial charge in [0.15, 0.2) is 5.78 Å². The lowest BCUT2D eigenvalue weighted by atomic mass is 10.1. The molecule has 1 aromatic heterocycles. The van der Waals surface area contributed by atoms with E-state index in [1.54, 1.807) is 12.1 Å². The Morgan fingerprint density at radius 1 is 1.12 bits per heavy atom. The SMILES string of the molecule is CC(=O)c1ccc(C(F)(F)F)nc1NCCc1ccc(CO)cc1. The third-order valence-corrected chi connectivity index (χ3v) is 3.48. The van der Waals surface area contributed by atoms with Crippen LogP contribution in [0.4, 0.5) is 19.0 Å². The van der Waals surface area contributed by atoms with Gasteiger partial charge < -0.3 is 10.4 Å². The van der Waals surface area contributed by atoms with Crippen LogP contribution in [0.2, 0.25) is 0 Å². The smallest absolute Gasteiger partial charge is 0.392 e. The lowest BCUT2D eigenvalue weighted by molar-refractivity contribution is -0.141. The fourth-order valence-corrected chi connectivity index (χ4v) is 2.17. The maximum Gasteiger partial charge on any atom is 0.433 e. The van der Waals surface area contributed by atoms with Crippen molar-refractivity contribution >= 4 is 11.6 Å². The summed E-state index contributed by atoms with van der Waals surface area (Å²) in [7, 11) is 0. The zero-order valence-corrected chi connectivity index (χ0v) is 13.0. The van der Waals surface area contributed by atoms with Crippen molar-refractivity contribution < 1.29 is 23.1 Å². The number of ketones is 1. The summed E-state index contributed by atoms with van der Waals surface area (Å²) in [5.41, 5.74) is 0.821. The van der Waals surface area contributed by atoms with Crippen molar-refractivity contribution in [2.75, 3.05) is 11.9 Å².